The monoisotopic (exact) mass is 388 g/mol. The SMILES string of the molecule is CCN(CC)C(=O)c1cccc(NC(=O)C(=O)NCCN2CCCC(C)C2)c1. The summed E-state index contributed by atoms with van der Waals surface area (Å²) >= 11 is 0. The van der Waals surface area contributed by atoms with Crippen LogP contribution in [0.5, 0.6) is 0 Å². The summed E-state index contributed by atoms with van der Waals surface area (Å²) in [6.45, 7) is 10.6. The van der Waals surface area contributed by atoms with Gasteiger partial charge in [0.05, 0.1) is 0 Å². The number of carbonyl (C=O) groups is 3. The van der Waals surface area contributed by atoms with Crippen LogP contribution in [0.1, 0.15) is 44.0 Å². The highest BCUT2D eigenvalue weighted by atomic mass is 16.2. The second-order valence-electron chi connectivity index (χ2n) is 7.32. The van der Waals surface area contributed by atoms with Gasteiger partial charge < -0.3 is 20.4 Å². The van der Waals surface area contributed by atoms with Gasteiger partial charge >= 0.3 is 11.8 Å². The molecule has 1 fully saturated rings. The fraction of sp³-hybridized carbons (Fsp3) is 0.571. The first-order valence-corrected chi connectivity index (χ1v) is 10.2. The quantitative estimate of drug-likeness (QED) is 0.700. The van der Waals surface area contributed by atoms with Crippen molar-refractivity contribution in [3.8, 4) is 0 Å². The van der Waals surface area contributed by atoms with Gasteiger partial charge in [0.25, 0.3) is 5.91 Å². The number of hydrogen-bond donors (Lipinski definition) is 2. The highest BCUT2D eigenvalue weighted by Gasteiger charge is 2.18. The summed E-state index contributed by atoms with van der Waals surface area (Å²) in [4.78, 5) is 40.6. The third kappa shape index (κ3) is 6.34. The molecular formula is C21H32N4O3. The van der Waals surface area contributed by atoms with Crippen LogP contribution in [0.25, 0.3) is 0 Å². The largest absolute Gasteiger partial charge is 0.347 e. The van der Waals surface area contributed by atoms with Crippen molar-refractivity contribution >= 4 is 23.4 Å². The number of rotatable bonds is 7. The number of nitrogens with one attached hydrogen (secondary N) is 2. The van der Waals surface area contributed by atoms with Gasteiger partial charge in [-0.3, -0.25) is 14.4 Å². The lowest BCUT2D eigenvalue weighted by Gasteiger charge is -2.30. The molecule has 1 aromatic carbocycles. The maximum absolute atomic E-state index is 12.4. The van der Waals surface area contributed by atoms with Crippen molar-refractivity contribution in [2.24, 2.45) is 5.92 Å². The van der Waals surface area contributed by atoms with E-state index >= 15 is 0 Å². The van der Waals surface area contributed by atoms with Crippen molar-refractivity contribution < 1.29 is 14.4 Å². The van der Waals surface area contributed by atoms with Crippen molar-refractivity contribution in [2.75, 3.05) is 44.6 Å². The van der Waals surface area contributed by atoms with Crippen LogP contribution in [0.2, 0.25) is 0 Å². The minimum Gasteiger partial charge on any atom is -0.347 e. The number of nitrogens with zero attached hydrogens (tertiary/aromatic N) is 2. The molecule has 0 aliphatic carbocycles. The van der Waals surface area contributed by atoms with Gasteiger partial charge in [-0.25, -0.2) is 0 Å². The zero-order valence-electron chi connectivity index (χ0n) is 17.2. The number of benzene rings is 1. The first-order chi connectivity index (χ1) is 13.4. The Morgan fingerprint density at radius 3 is 2.61 bits per heavy atom. The number of likely N-dealkylation sites (tertiary alicyclic amines) is 1. The second-order valence-corrected chi connectivity index (χ2v) is 7.32. The molecule has 1 atom stereocenters. The third-order valence-corrected chi connectivity index (χ3v) is 5.08. The van der Waals surface area contributed by atoms with Crippen LogP contribution in [0.15, 0.2) is 24.3 Å². The average molecular weight is 389 g/mol. The zero-order valence-corrected chi connectivity index (χ0v) is 17.2. The van der Waals surface area contributed by atoms with Crippen molar-refractivity contribution in [1.29, 1.82) is 0 Å². The smallest absolute Gasteiger partial charge is 0.313 e. The van der Waals surface area contributed by atoms with E-state index < -0.39 is 11.8 Å². The lowest BCUT2D eigenvalue weighted by molar-refractivity contribution is -0.136. The molecule has 1 saturated heterocycles. The highest BCUT2D eigenvalue weighted by molar-refractivity contribution is 6.39. The summed E-state index contributed by atoms with van der Waals surface area (Å²) < 4.78 is 0. The summed E-state index contributed by atoms with van der Waals surface area (Å²) in [5, 5.41) is 5.24. The van der Waals surface area contributed by atoms with E-state index in [1.807, 2.05) is 13.8 Å². The van der Waals surface area contributed by atoms with E-state index in [1.54, 1.807) is 29.2 Å². The Balaban J connectivity index is 1.83. The Morgan fingerprint density at radius 1 is 1.18 bits per heavy atom. The second kappa shape index (κ2) is 10.8. The normalized spacial score (nSPS) is 17.0. The molecule has 7 nitrogen and oxygen atoms in total. The molecule has 1 unspecified atom stereocenters. The minimum absolute atomic E-state index is 0.0960. The topological polar surface area (TPSA) is 81.8 Å². The average Bonchev–Trinajstić information content (AvgIpc) is 2.69. The van der Waals surface area contributed by atoms with Crippen LogP contribution < -0.4 is 10.6 Å². The maximum atomic E-state index is 12.4. The van der Waals surface area contributed by atoms with Crippen molar-refractivity contribution in [3.63, 3.8) is 0 Å². The van der Waals surface area contributed by atoms with E-state index in [4.69, 9.17) is 0 Å². The molecule has 1 aliphatic rings. The van der Waals surface area contributed by atoms with Gasteiger partial charge in [0, 0.05) is 44.0 Å². The Bertz CT molecular complexity index is 688. The van der Waals surface area contributed by atoms with Gasteiger partial charge in [-0.1, -0.05) is 13.0 Å². The van der Waals surface area contributed by atoms with Crippen LogP contribution in [0, 0.1) is 5.92 Å². The van der Waals surface area contributed by atoms with Gasteiger partial charge in [-0.15, -0.1) is 0 Å². The molecule has 154 valence electrons. The lowest BCUT2D eigenvalue weighted by atomic mass is 10.0. The summed E-state index contributed by atoms with van der Waals surface area (Å²) in [7, 11) is 0. The lowest BCUT2D eigenvalue weighted by Crippen LogP contribution is -2.42. The molecule has 0 saturated carbocycles. The Morgan fingerprint density at radius 2 is 1.93 bits per heavy atom. The summed E-state index contributed by atoms with van der Waals surface area (Å²) in [5.74, 6) is -0.801. The molecule has 28 heavy (non-hydrogen) atoms. The predicted molar refractivity (Wildman–Crippen MR) is 110 cm³/mol. The number of amides is 3. The number of carbonyl (C=O) groups excluding carboxylic acids is 3. The molecule has 1 aromatic rings. The molecule has 2 rings (SSSR count). The fourth-order valence-electron chi connectivity index (χ4n) is 3.51. The van der Waals surface area contributed by atoms with Crippen molar-refractivity contribution in [3.05, 3.63) is 29.8 Å². The molecule has 0 aromatic heterocycles. The van der Waals surface area contributed by atoms with E-state index in [9.17, 15) is 14.4 Å². The van der Waals surface area contributed by atoms with Gasteiger partial charge in [0.15, 0.2) is 0 Å². The number of piperidine rings is 1. The van der Waals surface area contributed by atoms with Crippen LogP contribution in [0.3, 0.4) is 0 Å². The van der Waals surface area contributed by atoms with E-state index in [2.05, 4.69) is 22.5 Å². The highest BCUT2D eigenvalue weighted by Crippen LogP contribution is 2.15. The van der Waals surface area contributed by atoms with Gasteiger partial charge in [0.1, 0.15) is 0 Å². The van der Waals surface area contributed by atoms with Gasteiger partial charge in [-0.05, 0) is 57.4 Å². The van der Waals surface area contributed by atoms with Crippen LogP contribution in [-0.4, -0.2) is 66.8 Å². The number of hydrogen-bond acceptors (Lipinski definition) is 4. The predicted octanol–water partition coefficient (Wildman–Crippen LogP) is 1.96. The molecule has 3 amide bonds. The van der Waals surface area contributed by atoms with Crippen LogP contribution >= 0.6 is 0 Å². The van der Waals surface area contributed by atoms with Crippen LogP contribution in [-0.2, 0) is 9.59 Å². The molecule has 2 N–H and O–H groups in total. The van der Waals surface area contributed by atoms with E-state index in [1.165, 1.54) is 12.8 Å². The zero-order chi connectivity index (χ0) is 20.5. The van der Waals surface area contributed by atoms with Crippen LogP contribution in [0.4, 0.5) is 5.69 Å². The molecule has 0 spiro atoms. The van der Waals surface area contributed by atoms with Crippen molar-refractivity contribution in [2.45, 2.75) is 33.6 Å². The first-order valence-electron chi connectivity index (χ1n) is 10.2. The summed E-state index contributed by atoms with van der Waals surface area (Å²) in [5.41, 5.74) is 0.920. The van der Waals surface area contributed by atoms with Gasteiger partial charge in [-0.2, -0.15) is 0 Å². The minimum atomic E-state index is -0.723. The number of anilines is 1. The van der Waals surface area contributed by atoms with E-state index in [-0.39, 0.29) is 5.91 Å². The Hall–Kier alpha value is -2.41. The molecule has 0 bridgehead atoms. The Labute approximate surface area is 167 Å². The summed E-state index contributed by atoms with van der Waals surface area (Å²) in [6.07, 6.45) is 2.43. The fourth-order valence-corrected chi connectivity index (χ4v) is 3.51. The molecule has 7 heteroatoms. The van der Waals surface area contributed by atoms with Crippen molar-refractivity contribution in [1.82, 2.24) is 15.1 Å². The van der Waals surface area contributed by atoms with Gasteiger partial charge in [0.2, 0.25) is 0 Å². The Kier molecular flexibility index (Phi) is 8.44. The summed E-state index contributed by atoms with van der Waals surface area (Å²) in [6, 6.07) is 6.66. The standard InChI is InChI=1S/C21H32N4O3/c1-4-25(5-2)21(28)17-9-6-10-18(14-17)23-20(27)19(26)22-11-13-24-12-7-8-16(3)15-24/h6,9-10,14,16H,4-5,7-8,11-13,15H2,1-3H3,(H,22,26)(H,23,27). The maximum Gasteiger partial charge on any atom is 0.313 e. The third-order valence-electron chi connectivity index (χ3n) is 5.08. The molecule has 1 heterocycles. The first kappa shape index (κ1) is 21.9. The molecular weight excluding hydrogens is 356 g/mol. The molecule has 1 aliphatic heterocycles. The molecule has 0 radical (unpaired) electrons. The van der Waals surface area contributed by atoms with E-state index in [0.29, 0.717) is 36.8 Å². The van der Waals surface area contributed by atoms with E-state index in [0.717, 1.165) is 19.6 Å².